The first kappa shape index (κ1) is 17.3. The third-order valence-electron chi connectivity index (χ3n) is 3.83. The van der Waals surface area contributed by atoms with Crippen molar-refractivity contribution in [1.82, 2.24) is 4.90 Å². The van der Waals surface area contributed by atoms with E-state index >= 15 is 0 Å². The summed E-state index contributed by atoms with van der Waals surface area (Å²) in [5.41, 5.74) is 0.409. The largest absolute Gasteiger partial charge is 0.393 e. The van der Waals surface area contributed by atoms with Gasteiger partial charge in [-0.3, -0.25) is 0 Å². The molecule has 1 heterocycles. The third-order valence-corrected chi connectivity index (χ3v) is 4.77. The minimum atomic E-state index is -0.0701. The fourth-order valence-electron chi connectivity index (χ4n) is 2.55. The molecule has 1 aliphatic heterocycles. The summed E-state index contributed by atoms with van der Waals surface area (Å²) in [6.07, 6.45) is 6.72. The highest BCUT2D eigenvalue weighted by Gasteiger charge is 2.12. The minimum absolute atomic E-state index is 0.0701. The molecular formula is C16H33NOS. The van der Waals surface area contributed by atoms with Gasteiger partial charge in [0.25, 0.3) is 0 Å². The second kappa shape index (κ2) is 9.25. The van der Waals surface area contributed by atoms with Gasteiger partial charge in [0.2, 0.25) is 0 Å². The molecule has 0 bridgehead atoms. The molecule has 1 rings (SSSR count). The summed E-state index contributed by atoms with van der Waals surface area (Å²) in [5, 5.41) is 9.97. The lowest BCUT2D eigenvalue weighted by Gasteiger charge is -2.26. The number of nitrogens with zero attached hydrogens (tertiary/aromatic N) is 1. The molecule has 2 nitrogen and oxygen atoms in total. The first-order valence-electron chi connectivity index (χ1n) is 7.95. The Hall–Kier alpha value is 0.270. The van der Waals surface area contributed by atoms with E-state index in [9.17, 15) is 5.11 Å². The molecular weight excluding hydrogens is 254 g/mol. The highest BCUT2D eigenvalue weighted by atomic mass is 32.2. The summed E-state index contributed by atoms with van der Waals surface area (Å²) in [7, 11) is 0. The van der Waals surface area contributed by atoms with Crippen LogP contribution in [0.25, 0.3) is 0 Å². The van der Waals surface area contributed by atoms with Crippen LogP contribution in [0.15, 0.2) is 0 Å². The molecule has 19 heavy (non-hydrogen) atoms. The molecule has 0 saturated carbocycles. The molecule has 0 aromatic rings. The number of aliphatic hydroxyl groups excluding tert-OH is 1. The molecule has 1 N–H and O–H groups in total. The Kier molecular flexibility index (Phi) is 8.43. The average Bonchev–Trinajstić information content (AvgIpc) is 2.34. The van der Waals surface area contributed by atoms with E-state index in [0.717, 1.165) is 19.3 Å². The van der Waals surface area contributed by atoms with E-state index < -0.39 is 0 Å². The van der Waals surface area contributed by atoms with E-state index in [4.69, 9.17) is 0 Å². The molecule has 0 radical (unpaired) electrons. The van der Waals surface area contributed by atoms with Crippen molar-refractivity contribution in [2.24, 2.45) is 5.41 Å². The fourth-order valence-corrected chi connectivity index (χ4v) is 3.53. The Morgan fingerprint density at radius 2 is 1.68 bits per heavy atom. The van der Waals surface area contributed by atoms with Crippen LogP contribution in [0.4, 0.5) is 0 Å². The minimum Gasteiger partial charge on any atom is -0.393 e. The van der Waals surface area contributed by atoms with Crippen molar-refractivity contribution in [3.63, 3.8) is 0 Å². The molecule has 3 heteroatoms. The van der Waals surface area contributed by atoms with Crippen LogP contribution in [-0.4, -0.2) is 47.3 Å². The van der Waals surface area contributed by atoms with Gasteiger partial charge in [-0.1, -0.05) is 27.2 Å². The summed E-state index contributed by atoms with van der Waals surface area (Å²) in [5.74, 6) is 2.60. The lowest BCUT2D eigenvalue weighted by molar-refractivity contribution is 0.141. The standard InChI is InChI=1S/C16H33NOS/c1-16(2,3)9-6-8-15(18)7-4-5-10-17-11-13-19-14-12-17/h15,18H,4-14H2,1-3H3/t15-/m1/s1. The highest BCUT2D eigenvalue weighted by Crippen LogP contribution is 2.22. The number of hydrogen-bond acceptors (Lipinski definition) is 3. The van der Waals surface area contributed by atoms with Crippen molar-refractivity contribution in [2.75, 3.05) is 31.1 Å². The van der Waals surface area contributed by atoms with Gasteiger partial charge >= 0.3 is 0 Å². The van der Waals surface area contributed by atoms with Crippen molar-refractivity contribution < 1.29 is 5.11 Å². The van der Waals surface area contributed by atoms with E-state index in [1.54, 1.807) is 0 Å². The highest BCUT2D eigenvalue weighted by molar-refractivity contribution is 7.99. The molecule has 1 saturated heterocycles. The van der Waals surface area contributed by atoms with Gasteiger partial charge in [0.05, 0.1) is 6.10 Å². The summed E-state index contributed by atoms with van der Waals surface area (Å²) in [4.78, 5) is 2.57. The summed E-state index contributed by atoms with van der Waals surface area (Å²) < 4.78 is 0. The second-order valence-corrected chi connectivity index (χ2v) is 8.28. The fraction of sp³-hybridized carbons (Fsp3) is 1.00. The predicted molar refractivity (Wildman–Crippen MR) is 86.9 cm³/mol. The third kappa shape index (κ3) is 9.75. The zero-order valence-corrected chi connectivity index (χ0v) is 14.0. The van der Waals surface area contributed by atoms with Gasteiger partial charge in [-0.2, -0.15) is 11.8 Å². The van der Waals surface area contributed by atoms with Crippen LogP contribution < -0.4 is 0 Å². The van der Waals surface area contributed by atoms with Crippen LogP contribution in [0, 0.1) is 5.41 Å². The molecule has 0 aromatic heterocycles. The smallest absolute Gasteiger partial charge is 0.0540 e. The monoisotopic (exact) mass is 287 g/mol. The van der Waals surface area contributed by atoms with E-state index in [0.29, 0.717) is 5.41 Å². The number of rotatable bonds is 8. The quantitative estimate of drug-likeness (QED) is 0.687. The number of hydrogen-bond donors (Lipinski definition) is 1. The van der Waals surface area contributed by atoms with Crippen LogP contribution >= 0.6 is 11.8 Å². The first-order chi connectivity index (χ1) is 8.97. The predicted octanol–water partition coefficient (Wildman–Crippen LogP) is 3.78. The lowest BCUT2D eigenvalue weighted by Crippen LogP contribution is -2.33. The van der Waals surface area contributed by atoms with Crippen molar-refractivity contribution >= 4 is 11.8 Å². The Balaban J connectivity index is 1.93. The topological polar surface area (TPSA) is 23.5 Å². The molecule has 1 aliphatic rings. The normalized spacial score (nSPS) is 19.6. The van der Waals surface area contributed by atoms with Gasteiger partial charge in [-0.25, -0.2) is 0 Å². The van der Waals surface area contributed by atoms with E-state index in [1.165, 1.54) is 50.4 Å². The molecule has 0 aromatic carbocycles. The van der Waals surface area contributed by atoms with Crippen LogP contribution in [0.1, 0.15) is 59.3 Å². The van der Waals surface area contributed by atoms with Crippen molar-refractivity contribution in [2.45, 2.75) is 65.4 Å². The Morgan fingerprint density at radius 3 is 2.32 bits per heavy atom. The van der Waals surface area contributed by atoms with E-state index in [2.05, 4.69) is 37.4 Å². The van der Waals surface area contributed by atoms with Crippen molar-refractivity contribution in [1.29, 1.82) is 0 Å². The van der Waals surface area contributed by atoms with E-state index in [1.807, 2.05) is 0 Å². The first-order valence-corrected chi connectivity index (χ1v) is 9.11. The van der Waals surface area contributed by atoms with Crippen molar-refractivity contribution in [3.8, 4) is 0 Å². The lowest BCUT2D eigenvalue weighted by atomic mass is 9.89. The molecule has 1 fully saturated rings. The maximum Gasteiger partial charge on any atom is 0.0540 e. The van der Waals surface area contributed by atoms with E-state index in [-0.39, 0.29) is 6.10 Å². The zero-order chi connectivity index (χ0) is 14.1. The van der Waals surface area contributed by atoms with Crippen LogP contribution in [0.2, 0.25) is 0 Å². The second-order valence-electron chi connectivity index (χ2n) is 7.06. The molecule has 0 unspecified atom stereocenters. The van der Waals surface area contributed by atoms with Crippen LogP contribution in [0.3, 0.4) is 0 Å². The molecule has 0 aliphatic carbocycles. The zero-order valence-electron chi connectivity index (χ0n) is 13.2. The molecule has 0 spiro atoms. The Bertz CT molecular complexity index is 221. The summed E-state index contributed by atoms with van der Waals surface area (Å²) in [6.45, 7) is 10.6. The molecule has 1 atom stereocenters. The van der Waals surface area contributed by atoms with Crippen LogP contribution in [0.5, 0.6) is 0 Å². The number of thioether (sulfide) groups is 1. The summed E-state index contributed by atoms with van der Waals surface area (Å²) in [6, 6.07) is 0. The molecule has 114 valence electrons. The number of aliphatic hydroxyl groups is 1. The average molecular weight is 288 g/mol. The van der Waals surface area contributed by atoms with Gasteiger partial charge in [0.15, 0.2) is 0 Å². The maximum absolute atomic E-state index is 9.97. The van der Waals surface area contributed by atoms with Gasteiger partial charge < -0.3 is 10.0 Å². The SMILES string of the molecule is CC(C)(C)CCC[C@H](O)CCCCN1CCSCC1. The number of unbranched alkanes of at least 4 members (excludes halogenated alkanes) is 1. The van der Waals surface area contributed by atoms with Crippen LogP contribution in [-0.2, 0) is 0 Å². The van der Waals surface area contributed by atoms with Gasteiger partial charge in [-0.15, -0.1) is 0 Å². The Morgan fingerprint density at radius 1 is 1.05 bits per heavy atom. The van der Waals surface area contributed by atoms with Gasteiger partial charge in [0.1, 0.15) is 0 Å². The molecule has 0 amide bonds. The van der Waals surface area contributed by atoms with Gasteiger partial charge in [0, 0.05) is 24.6 Å². The summed E-state index contributed by atoms with van der Waals surface area (Å²) >= 11 is 2.07. The Labute approximate surface area is 124 Å². The van der Waals surface area contributed by atoms with Gasteiger partial charge in [-0.05, 0) is 44.1 Å². The van der Waals surface area contributed by atoms with Crippen molar-refractivity contribution in [3.05, 3.63) is 0 Å². The maximum atomic E-state index is 9.97.